The number of halogens is 1. The van der Waals surface area contributed by atoms with Crippen molar-refractivity contribution in [3.8, 4) is 0 Å². The third kappa shape index (κ3) is 2.62. The third-order valence-corrected chi connectivity index (χ3v) is 3.50. The van der Waals surface area contributed by atoms with Crippen LogP contribution in [-0.4, -0.2) is 6.29 Å². The molecule has 0 amide bonds. The van der Waals surface area contributed by atoms with Gasteiger partial charge in [0.1, 0.15) is 6.29 Å². The minimum Gasteiger partial charge on any atom is -0.298 e. The lowest BCUT2D eigenvalue weighted by Crippen LogP contribution is -1.98. The summed E-state index contributed by atoms with van der Waals surface area (Å²) in [4.78, 5) is 10.8. The average Bonchev–Trinajstić information content (AvgIpc) is 2.38. The smallest absolute Gasteiger partial charge is 0.150 e. The first-order valence-electron chi connectivity index (χ1n) is 5.93. The Labute approximate surface area is 112 Å². The Bertz CT molecular complexity index is 575. The quantitative estimate of drug-likeness (QED) is 0.735. The van der Waals surface area contributed by atoms with E-state index in [9.17, 15) is 4.79 Å². The van der Waals surface area contributed by atoms with E-state index in [0.29, 0.717) is 5.56 Å². The molecule has 2 aromatic carbocycles. The molecule has 2 rings (SSSR count). The van der Waals surface area contributed by atoms with E-state index in [4.69, 9.17) is 11.6 Å². The minimum absolute atomic E-state index is 0.179. The second-order valence-corrected chi connectivity index (χ2v) is 4.94. The Morgan fingerprint density at radius 3 is 2.61 bits per heavy atom. The summed E-state index contributed by atoms with van der Waals surface area (Å²) in [5, 5.41) is 0.777. The monoisotopic (exact) mass is 258 g/mol. The number of aldehydes is 1. The molecule has 1 nitrogen and oxygen atoms in total. The van der Waals surface area contributed by atoms with Crippen LogP contribution in [0.15, 0.2) is 42.5 Å². The zero-order valence-electron chi connectivity index (χ0n) is 10.5. The minimum atomic E-state index is 0.179. The van der Waals surface area contributed by atoms with E-state index in [0.717, 1.165) is 28.0 Å². The third-order valence-electron chi connectivity index (χ3n) is 3.17. The molecule has 18 heavy (non-hydrogen) atoms. The van der Waals surface area contributed by atoms with Gasteiger partial charge in [-0.1, -0.05) is 48.9 Å². The van der Waals surface area contributed by atoms with Crippen LogP contribution in [-0.2, 0) is 0 Å². The van der Waals surface area contributed by atoms with E-state index in [1.165, 1.54) is 0 Å². The predicted molar refractivity (Wildman–Crippen MR) is 75.5 cm³/mol. The van der Waals surface area contributed by atoms with Crippen LogP contribution in [0.2, 0.25) is 5.02 Å². The van der Waals surface area contributed by atoms with Gasteiger partial charge in [0.15, 0.2) is 0 Å². The molecule has 0 aromatic heterocycles. The molecular weight excluding hydrogens is 244 g/mol. The number of hydrogen-bond acceptors (Lipinski definition) is 1. The Kier molecular flexibility index (Phi) is 3.83. The number of carbonyl (C=O) groups is 1. The van der Waals surface area contributed by atoms with Crippen LogP contribution in [0.3, 0.4) is 0 Å². The van der Waals surface area contributed by atoms with Crippen LogP contribution in [0, 0.1) is 6.92 Å². The second-order valence-electron chi connectivity index (χ2n) is 4.53. The van der Waals surface area contributed by atoms with E-state index in [1.54, 1.807) is 6.07 Å². The molecule has 0 fully saturated rings. The Morgan fingerprint density at radius 1 is 1.17 bits per heavy atom. The zero-order chi connectivity index (χ0) is 13.1. The molecule has 92 valence electrons. The summed E-state index contributed by atoms with van der Waals surface area (Å²) < 4.78 is 0. The molecule has 2 aromatic rings. The highest BCUT2D eigenvalue weighted by atomic mass is 35.5. The van der Waals surface area contributed by atoms with Crippen LogP contribution in [0.4, 0.5) is 0 Å². The number of benzene rings is 2. The molecule has 0 bridgehead atoms. The first kappa shape index (κ1) is 12.8. The van der Waals surface area contributed by atoms with Gasteiger partial charge in [-0.05, 0) is 35.7 Å². The normalized spacial score (nSPS) is 12.2. The van der Waals surface area contributed by atoms with Gasteiger partial charge in [0.25, 0.3) is 0 Å². The fourth-order valence-electron chi connectivity index (χ4n) is 2.06. The van der Waals surface area contributed by atoms with Gasteiger partial charge in [-0.15, -0.1) is 0 Å². The molecule has 0 radical (unpaired) electrons. The maximum absolute atomic E-state index is 10.8. The van der Waals surface area contributed by atoms with Crippen molar-refractivity contribution < 1.29 is 4.79 Å². The van der Waals surface area contributed by atoms with E-state index < -0.39 is 0 Å². The van der Waals surface area contributed by atoms with Gasteiger partial charge in [0, 0.05) is 16.5 Å². The molecule has 0 aliphatic rings. The standard InChI is InChI=1S/C16H15ClO/c1-11-6-7-15(16(17)8-11)12(2)14-5-3-4-13(9-14)10-18/h3-10,12H,1-2H3. The highest BCUT2D eigenvalue weighted by Crippen LogP contribution is 2.30. The van der Waals surface area contributed by atoms with E-state index in [1.807, 2.05) is 31.2 Å². The maximum atomic E-state index is 10.8. The molecule has 1 atom stereocenters. The van der Waals surface area contributed by atoms with Gasteiger partial charge in [-0.2, -0.15) is 0 Å². The molecule has 0 aliphatic heterocycles. The van der Waals surface area contributed by atoms with E-state index in [-0.39, 0.29) is 5.92 Å². The number of aryl methyl sites for hydroxylation is 1. The predicted octanol–water partition coefficient (Wildman–Crippen LogP) is 4.61. The number of rotatable bonds is 3. The molecule has 0 N–H and O–H groups in total. The summed E-state index contributed by atoms with van der Waals surface area (Å²) >= 11 is 6.28. The Morgan fingerprint density at radius 2 is 1.94 bits per heavy atom. The van der Waals surface area contributed by atoms with Crippen LogP contribution in [0.1, 0.15) is 39.9 Å². The summed E-state index contributed by atoms with van der Waals surface area (Å²) in [5.74, 6) is 0.179. The first-order chi connectivity index (χ1) is 8.61. The maximum Gasteiger partial charge on any atom is 0.150 e. The Hall–Kier alpha value is -1.60. The van der Waals surface area contributed by atoms with Crippen molar-refractivity contribution in [1.82, 2.24) is 0 Å². The van der Waals surface area contributed by atoms with Crippen LogP contribution in [0.25, 0.3) is 0 Å². The molecule has 0 heterocycles. The first-order valence-corrected chi connectivity index (χ1v) is 6.31. The molecule has 2 heteroatoms. The lowest BCUT2D eigenvalue weighted by molar-refractivity contribution is 0.112. The molecule has 0 aliphatic carbocycles. The van der Waals surface area contributed by atoms with E-state index >= 15 is 0 Å². The van der Waals surface area contributed by atoms with Crippen LogP contribution in [0.5, 0.6) is 0 Å². The summed E-state index contributed by atoms with van der Waals surface area (Å²) in [5.41, 5.74) is 4.04. The van der Waals surface area contributed by atoms with Crippen LogP contribution < -0.4 is 0 Å². The highest BCUT2D eigenvalue weighted by molar-refractivity contribution is 6.31. The van der Waals surface area contributed by atoms with Gasteiger partial charge >= 0.3 is 0 Å². The van der Waals surface area contributed by atoms with Gasteiger partial charge in [0.05, 0.1) is 0 Å². The van der Waals surface area contributed by atoms with Gasteiger partial charge in [-0.3, -0.25) is 4.79 Å². The zero-order valence-corrected chi connectivity index (χ0v) is 11.2. The van der Waals surface area contributed by atoms with E-state index in [2.05, 4.69) is 19.1 Å². The lowest BCUT2D eigenvalue weighted by atomic mass is 9.91. The number of carbonyl (C=O) groups excluding carboxylic acids is 1. The summed E-state index contributed by atoms with van der Waals surface area (Å²) in [6, 6.07) is 13.7. The fraction of sp³-hybridized carbons (Fsp3) is 0.188. The van der Waals surface area contributed by atoms with Gasteiger partial charge < -0.3 is 0 Å². The van der Waals surface area contributed by atoms with Gasteiger partial charge in [0.2, 0.25) is 0 Å². The molecule has 1 unspecified atom stereocenters. The summed E-state index contributed by atoms with van der Waals surface area (Å²) in [6.07, 6.45) is 0.868. The SMILES string of the molecule is Cc1ccc(C(C)c2cccc(C=O)c2)c(Cl)c1. The number of hydrogen-bond donors (Lipinski definition) is 0. The Balaban J connectivity index is 2.40. The van der Waals surface area contributed by atoms with Crippen molar-refractivity contribution >= 4 is 17.9 Å². The average molecular weight is 259 g/mol. The fourth-order valence-corrected chi connectivity index (χ4v) is 2.46. The van der Waals surface area contributed by atoms with Crippen molar-refractivity contribution in [3.05, 3.63) is 69.7 Å². The highest BCUT2D eigenvalue weighted by Gasteiger charge is 2.12. The summed E-state index contributed by atoms with van der Waals surface area (Å²) in [6.45, 7) is 4.12. The molecule has 0 saturated heterocycles. The van der Waals surface area contributed by atoms with Gasteiger partial charge in [-0.25, -0.2) is 0 Å². The molecular formula is C16H15ClO. The van der Waals surface area contributed by atoms with Crippen molar-refractivity contribution in [3.63, 3.8) is 0 Å². The van der Waals surface area contributed by atoms with Crippen molar-refractivity contribution in [1.29, 1.82) is 0 Å². The molecule has 0 saturated carbocycles. The van der Waals surface area contributed by atoms with Crippen molar-refractivity contribution in [2.45, 2.75) is 19.8 Å². The second kappa shape index (κ2) is 5.36. The van der Waals surface area contributed by atoms with Crippen molar-refractivity contribution in [2.75, 3.05) is 0 Å². The summed E-state index contributed by atoms with van der Waals surface area (Å²) in [7, 11) is 0. The van der Waals surface area contributed by atoms with Crippen molar-refractivity contribution in [2.24, 2.45) is 0 Å². The topological polar surface area (TPSA) is 17.1 Å². The van der Waals surface area contributed by atoms with Crippen LogP contribution >= 0.6 is 11.6 Å². The lowest BCUT2D eigenvalue weighted by Gasteiger charge is -2.15. The molecule has 0 spiro atoms. The largest absolute Gasteiger partial charge is 0.298 e.